The number of nitrogens with one attached hydrogen (secondary N) is 2. The van der Waals surface area contributed by atoms with Crippen LogP contribution in [0.1, 0.15) is 19.3 Å². The molecular formula is C10H14N2O2. The van der Waals surface area contributed by atoms with E-state index in [0.29, 0.717) is 13.0 Å². The lowest BCUT2D eigenvalue weighted by Crippen LogP contribution is -2.38. The molecule has 2 aliphatic rings. The van der Waals surface area contributed by atoms with Crippen molar-refractivity contribution in [1.82, 2.24) is 10.6 Å². The van der Waals surface area contributed by atoms with Crippen LogP contribution in [-0.4, -0.2) is 24.4 Å². The van der Waals surface area contributed by atoms with Crippen LogP contribution in [0.4, 0.5) is 0 Å². The highest BCUT2D eigenvalue weighted by Crippen LogP contribution is 2.13. The fourth-order valence-electron chi connectivity index (χ4n) is 1.84. The highest BCUT2D eigenvalue weighted by molar-refractivity contribution is 5.89. The smallest absolute Gasteiger partial charge is 0.225 e. The molecule has 14 heavy (non-hydrogen) atoms. The summed E-state index contributed by atoms with van der Waals surface area (Å²) in [4.78, 5) is 22.5. The molecular weight excluding hydrogens is 180 g/mol. The lowest BCUT2D eigenvalue weighted by molar-refractivity contribution is -0.127. The van der Waals surface area contributed by atoms with Crippen LogP contribution in [-0.2, 0) is 9.59 Å². The molecule has 1 aliphatic heterocycles. The standard InChI is InChI=1S/C10H14N2O2/c13-9-5-7(6-11-9)10(14)12-8-3-1-2-4-8/h1-2,7-8H,3-6H2,(H,11,13)(H,12,14). The predicted molar refractivity (Wildman–Crippen MR) is 51.4 cm³/mol. The Bertz CT molecular complexity index is 278. The van der Waals surface area contributed by atoms with Crippen LogP contribution in [0.25, 0.3) is 0 Å². The van der Waals surface area contributed by atoms with E-state index in [0.717, 1.165) is 12.8 Å². The van der Waals surface area contributed by atoms with E-state index in [9.17, 15) is 9.59 Å². The Morgan fingerprint density at radius 2 is 2.14 bits per heavy atom. The molecule has 0 saturated carbocycles. The quantitative estimate of drug-likeness (QED) is 0.606. The Kier molecular flexibility index (Phi) is 2.52. The molecule has 4 nitrogen and oxygen atoms in total. The summed E-state index contributed by atoms with van der Waals surface area (Å²) in [5.41, 5.74) is 0. The summed E-state index contributed by atoms with van der Waals surface area (Å²) < 4.78 is 0. The number of carbonyl (C=O) groups is 2. The van der Waals surface area contributed by atoms with Gasteiger partial charge in [-0.25, -0.2) is 0 Å². The molecule has 2 amide bonds. The van der Waals surface area contributed by atoms with Crippen LogP contribution < -0.4 is 10.6 Å². The highest BCUT2D eigenvalue weighted by Gasteiger charge is 2.29. The average Bonchev–Trinajstić information content (AvgIpc) is 2.75. The summed E-state index contributed by atoms with van der Waals surface area (Å²) in [6.07, 6.45) is 6.32. The summed E-state index contributed by atoms with van der Waals surface area (Å²) in [5.74, 6) is -0.171. The molecule has 2 N–H and O–H groups in total. The Hall–Kier alpha value is -1.32. The zero-order chi connectivity index (χ0) is 9.97. The van der Waals surface area contributed by atoms with Crippen molar-refractivity contribution in [3.63, 3.8) is 0 Å². The average molecular weight is 194 g/mol. The molecule has 1 atom stereocenters. The first-order valence-corrected chi connectivity index (χ1v) is 4.98. The van der Waals surface area contributed by atoms with E-state index in [4.69, 9.17) is 0 Å². The van der Waals surface area contributed by atoms with E-state index < -0.39 is 0 Å². The van der Waals surface area contributed by atoms with Gasteiger partial charge in [0.2, 0.25) is 11.8 Å². The number of carbonyl (C=O) groups excluding carboxylic acids is 2. The third-order valence-corrected chi connectivity index (χ3v) is 2.70. The number of amides is 2. The second-order valence-electron chi connectivity index (χ2n) is 3.85. The van der Waals surface area contributed by atoms with Gasteiger partial charge in [-0.2, -0.15) is 0 Å². The number of hydrogen-bond donors (Lipinski definition) is 2. The van der Waals surface area contributed by atoms with Gasteiger partial charge >= 0.3 is 0 Å². The summed E-state index contributed by atoms with van der Waals surface area (Å²) in [6.45, 7) is 0.491. The maximum Gasteiger partial charge on any atom is 0.225 e. The van der Waals surface area contributed by atoms with Gasteiger partial charge in [0.15, 0.2) is 0 Å². The summed E-state index contributed by atoms with van der Waals surface area (Å²) in [6, 6.07) is 0.248. The lowest BCUT2D eigenvalue weighted by atomic mass is 10.1. The lowest BCUT2D eigenvalue weighted by Gasteiger charge is -2.14. The minimum atomic E-state index is -0.164. The SMILES string of the molecule is O=C1CC(C(=O)NC2CC=CC2)CN1. The highest BCUT2D eigenvalue weighted by atomic mass is 16.2. The Morgan fingerprint density at radius 1 is 1.43 bits per heavy atom. The summed E-state index contributed by atoms with van der Waals surface area (Å²) >= 11 is 0. The third kappa shape index (κ3) is 1.95. The minimum absolute atomic E-state index is 0.0112. The Labute approximate surface area is 82.7 Å². The van der Waals surface area contributed by atoms with Crippen LogP contribution >= 0.6 is 0 Å². The van der Waals surface area contributed by atoms with E-state index in [-0.39, 0.29) is 23.8 Å². The van der Waals surface area contributed by atoms with Gasteiger partial charge in [-0.15, -0.1) is 0 Å². The maximum absolute atomic E-state index is 11.6. The summed E-state index contributed by atoms with van der Waals surface area (Å²) in [7, 11) is 0. The second kappa shape index (κ2) is 3.82. The minimum Gasteiger partial charge on any atom is -0.355 e. The van der Waals surface area contributed by atoms with E-state index in [1.54, 1.807) is 0 Å². The van der Waals surface area contributed by atoms with Gasteiger partial charge in [0, 0.05) is 19.0 Å². The molecule has 0 aromatic heterocycles. The Balaban J connectivity index is 1.80. The van der Waals surface area contributed by atoms with Crippen molar-refractivity contribution in [2.24, 2.45) is 5.92 Å². The van der Waals surface area contributed by atoms with Gasteiger partial charge < -0.3 is 10.6 Å². The normalized spacial score (nSPS) is 26.6. The van der Waals surface area contributed by atoms with E-state index >= 15 is 0 Å². The molecule has 2 rings (SSSR count). The van der Waals surface area contributed by atoms with Crippen molar-refractivity contribution < 1.29 is 9.59 Å². The fraction of sp³-hybridized carbons (Fsp3) is 0.600. The molecule has 0 bridgehead atoms. The molecule has 1 unspecified atom stereocenters. The largest absolute Gasteiger partial charge is 0.355 e. The van der Waals surface area contributed by atoms with E-state index in [1.165, 1.54) is 0 Å². The van der Waals surface area contributed by atoms with Crippen LogP contribution in [0, 0.1) is 5.92 Å². The predicted octanol–water partition coefficient (Wildman–Crippen LogP) is -0.0427. The van der Waals surface area contributed by atoms with E-state index in [2.05, 4.69) is 22.8 Å². The molecule has 1 saturated heterocycles. The molecule has 1 fully saturated rings. The van der Waals surface area contributed by atoms with Gasteiger partial charge in [-0.1, -0.05) is 12.2 Å². The van der Waals surface area contributed by atoms with Crippen LogP contribution in [0.5, 0.6) is 0 Å². The third-order valence-electron chi connectivity index (χ3n) is 2.70. The van der Waals surface area contributed by atoms with Gasteiger partial charge in [0.25, 0.3) is 0 Å². The van der Waals surface area contributed by atoms with Crippen molar-refractivity contribution in [3.05, 3.63) is 12.2 Å². The monoisotopic (exact) mass is 194 g/mol. The molecule has 0 spiro atoms. The van der Waals surface area contributed by atoms with Crippen molar-refractivity contribution in [3.8, 4) is 0 Å². The molecule has 1 aliphatic carbocycles. The van der Waals surface area contributed by atoms with Crippen molar-refractivity contribution >= 4 is 11.8 Å². The zero-order valence-corrected chi connectivity index (χ0v) is 7.95. The van der Waals surface area contributed by atoms with Gasteiger partial charge in [-0.05, 0) is 12.8 Å². The second-order valence-corrected chi connectivity index (χ2v) is 3.85. The van der Waals surface area contributed by atoms with Crippen molar-refractivity contribution in [2.45, 2.75) is 25.3 Å². The van der Waals surface area contributed by atoms with Crippen molar-refractivity contribution in [2.75, 3.05) is 6.54 Å². The maximum atomic E-state index is 11.6. The number of rotatable bonds is 2. The topological polar surface area (TPSA) is 58.2 Å². The first-order valence-electron chi connectivity index (χ1n) is 4.98. The Morgan fingerprint density at radius 3 is 2.71 bits per heavy atom. The van der Waals surface area contributed by atoms with Crippen LogP contribution in [0.15, 0.2) is 12.2 Å². The van der Waals surface area contributed by atoms with Gasteiger partial charge in [0.1, 0.15) is 0 Å². The molecule has 4 heteroatoms. The summed E-state index contributed by atoms with van der Waals surface area (Å²) in [5, 5.41) is 5.61. The molecule has 0 aromatic rings. The first-order chi connectivity index (χ1) is 6.75. The van der Waals surface area contributed by atoms with E-state index in [1.807, 2.05) is 0 Å². The molecule has 1 heterocycles. The zero-order valence-electron chi connectivity index (χ0n) is 7.95. The fourth-order valence-corrected chi connectivity index (χ4v) is 1.84. The first kappa shape index (κ1) is 9.24. The van der Waals surface area contributed by atoms with Gasteiger partial charge in [-0.3, -0.25) is 9.59 Å². The van der Waals surface area contributed by atoms with Crippen LogP contribution in [0.2, 0.25) is 0 Å². The van der Waals surface area contributed by atoms with Gasteiger partial charge in [0.05, 0.1) is 5.92 Å². The number of hydrogen-bond acceptors (Lipinski definition) is 2. The molecule has 0 aromatic carbocycles. The molecule has 76 valence electrons. The molecule has 0 radical (unpaired) electrons. The van der Waals surface area contributed by atoms with Crippen LogP contribution in [0.3, 0.4) is 0 Å². The van der Waals surface area contributed by atoms with Crippen molar-refractivity contribution in [1.29, 1.82) is 0 Å².